The van der Waals surface area contributed by atoms with Crippen LogP contribution < -0.4 is 19.5 Å². The molecule has 0 unspecified atom stereocenters. The second-order valence-electron chi connectivity index (χ2n) is 10.2. The van der Waals surface area contributed by atoms with Crippen molar-refractivity contribution in [3.63, 3.8) is 0 Å². The summed E-state index contributed by atoms with van der Waals surface area (Å²) in [6.45, 7) is 4.22. The second-order valence-corrected chi connectivity index (χ2v) is 10.2. The van der Waals surface area contributed by atoms with Crippen LogP contribution in [0.2, 0.25) is 0 Å². The lowest BCUT2D eigenvalue weighted by Gasteiger charge is -2.36. The van der Waals surface area contributed by atoms with E-state index in [1.807, 2.05) is 6.92 Å². The van der Waals surface area contributed by atoms with Gasteiger partial charge in [-0.1, -0.05) is 6.92 Å². The molecule has 3 atom stereocenters. The Balaban J connectivity index is 1.59. The fraction of sp³-hybridized carbons (Fsp3) is 0.500. The highest BCUT2D eigenvalue weighted by atomic mass is 19.4. The molecule has 2 aliphatic rings. The lowest BCUT2D eigenvalue weighted by atomic mass is 10.0. The average molecular weight is 566 g/mol. The van der Waals surface area contributed by atoms with E-state index in [4.69, 9.17) is 18.9 Å². The van der Waals surface area contributed by atoms with Crippen LogP contribution in [0.25, 0.3) is 0 Å². The molecule has 2 amide bonds. The van der Waals surface area contributed by atoms with Gasteiger partial charge in [0.1, 0.15) is 12.4 Å². The van der Waals surface area contributed by atoms with Gasteiger partial charge in [0.2, 0.25) is 6.79 Å². The Bertz CT molecular complexity index is 1220. The summed E-state index contributed by atoms with van der Waals surface area (Å²) in [5.74, 6) is 0.374. The predicted octanol–water partition coefficient (Wildman–Crippen LogP) is 4.43. The topological polar surface area (TPSA) is 89.6 Å². The highest BCUT2D eigenvalue weighted by molar-refractivity contribution is 6.06. The van der Waals surface area contributed by atoms with Gasteiger partial charge in [-0.05, 0) is 49.2 Å². The molecule has 12 heteroatoms. The molecule has 0 fully saturated rings. The number of alkyl halides is 3. The maximum absolute atomic E-state index is 13.5. The normalized spacial score (nSPS) is 22.1. The quantitative estimate of drug-likeness (QED) is 0.574. The number of anilines is 1. The minimum atomic E-state index is -4.28. The second kappa shape index (κ2) is 12.3. The average Bonchev–Trinajstić information content (AvgIpc) is 3.39. The number of methoxy groups -OCH3 is 1. The molecular weight excluding hydrogens is 531 g/mol. The van der Waals surface area contributed by atoms with Gasteiger partial charge in [-0.3, -0.25) is 14.5 Å². The molecule has 1 N–H and O–H groups in total. The number of halogens is 3. The molecule has 0 saturated heterocycles. The number of likely N-dealkylation sites (N-methyl/N-ethyl adjacent to an activating group) is 1. The molecule has 2 heterocycles. The van der Waals surface area contributed by atoms with Gasteiger partial charge < -0.3 is 29.2 Å². The van der Waals surface area contributed by atoms with Crippen molar-refractivity contribution in [1.82, 2.24) is 9.80 Å². The van der Waals surface area contributed by atoms with Gasteiger partial charge in [0.15, 0.2) is 11.5 Å². The van der Waals surface area contributed by atoms with Crippen molar-refractivity contribution in [1.29, 1.82) is 0 Å². The molecule has 9 nitrogen and oxygen atoms in total. The molecule has 0 saturated carbocycles. The largest absolute Gasteiger partial charge is 0.491 e. The van der Waals surface area contributed by atoms with Gasteiger partial charge in [0, 0.05) is 51.1 Å². The summed E-state index contributed by atoms with van der Waals surface area (Å²) in [4.78, 5) is 29.7. The van der Waals surface area contributed by atoms with E-state index in [9.17, 15) is 22.8 Å². The third kappa shape index (κ3) is 7.16. The van der Waals surface area contributed by atoms with Gasteiger partial charge in [0.25, 0.3) is 11.8 Å². The van der Waals surface area contributed by atoms with Crippen molar-refractivity contribution < 1.29 is 41.7 Å². The van der Waals surface area contributed by atoms with Gasteiger partial charge in [-0.15, -0.1) is 0 Å². The number of benzene rings is 2. The molecule has 0 radical (unpaired) electrons. The van der Waals surface area contributed by atoms with Crippen LogP contribution in [0.4, 0.5) is 18.9 Å². The SMILES string of the molecule is CO[C@H]1CN(C)C(=O)c2cc(NC(=O)c3ccc4c(c3)OCO4)ccc2OC[C@H](C)N(CCC(F)(F)F)C[C@H]1C. The van der Waals surface area contributed by atoms with E-state index >= 15 is 0 Å². The lowest BCUT2D eigenvalue weighted by molar-refractivity contribution is -0.140. The molecule has 0 aromatic heterocycles. The van der Waals surface area contributed by atoms with Crippen LogP contribution >= 0.6 is 0 Å². The molecule has 0 aliphatic carbocycles. The van der Waals surface area contributed by atoms with Crippen LogP contribution in [0, 0.1) is 5.92 Å². The first-order chi connectivity index (χ1) is 18.9. The highest BCUT2D eigenvalue weighted by Crippen LogP contribution is 2.33. The van der Waals surface area contributed by atoms with Crippen molar-refractivity contribution in [2.45, 2.75) is 38.6 Å². The molecule has 40 heavy (non-hydrogen) atoms. The maximum atomic E-state index is 13.5. The summed E-state index contributed by atoms with van der Waals surface area (Å²) >= 11 is 0. The molecular formula is C28H34F3N3O6. The third-order valence-electron chi connectivity index (χ3n) is 7.15. The smallest absolute Gasteiger partial charge is 0.390 e. The standard InChI is InChI=1S/C28H34F3N3O6/c1-17-13-34(10-9-28(29,30)31)18(2)15-38-22-8-6-20(12-21(22)27(36)33(3)14-25(17)37-4)32-26(35)19-5-7-23-24(11-19)40-16-39-23/h5-8,11-12,17-18,25H,9-10,13-16H2,1-4H3,(H,32,35)/t17-,18+,25+/m1/s1. The van der Waals surface area contributed by atoms with Gasteiger partial charge in [0.05, 0.1) is 18.1 Å². The highest BCUT2D eigenvalue weighted by Gasteiger charge is 2.32. The number of carbonyl (C=O) groups is 2. The lowest BCUT2D eigenvalue weighted by Crippen LogP contribution is -2.47. The van der Waals surface area contributed by atoms with Gasteiger partial charge >= 0.3 is 6.18 Å². The number of carbonyl (C=O) groups excluding carboxylic acids is 2. The van der Waals surface area contributed by atoms with Crippen LogP contribution in [0.1, 0.15) is 41.0 Å². The van der Waals surface area contributed by atoms with E-state index in [1.165, 1.54) is 18.1 Å². The Morgan fingerprint density at radius 2 is 1.77 bits per heavy atom. The van der Waals surface area contributed by atoms with Crippen LogP contribution in [0.3, 0.4) is 0 Å². The van der Waals surface area contributed by atoms with E-state index < -0.39 is 24.6 Å². The Hall–Kier alpha value is -3.51. The molecule has 218 valence electrons. The van der Waals surface area contributed by atoms with Gasteiger partial charge in [-0.25, -0.2) is 0 Å². The molecule has 0 bridgehead atoms. The summed E-state index contributed by atoms with van der Waals surface area (Å²) in [6, 6.07) is 9.17. The number of ether oxygens (including phenoxy) is 4. The number of fused-ring (bicyclic) bond motifs is 2. The Morgan fingerprint density at radius 3 is 2.50 bits per heavy atom. The van der Waals surface area contributed by atoms with Gasteiger partial charge in [-0.2, -0.15) is 13.2 Å². The Labute approximate surface area is 231 Å². The van der Waals surface area contributed by atoms with Crippen LogP contribution in [0.5, 0.6) is 17.2 Å². The first-order valence-corrected chi connectivity index (χ1v) is 13.0. The zero-order valence-electron chi connectivity index (χ0n) is 22.9. The predicted molar refractivity (Wildman–Crippen MR) is 141 cm³/mol. The summed E-state index contributed by atoms with van der Waals surface area (Å²) in [5.41, 5.74) is 0.930. The van der Waals surface area contributed by atoms with E-state index in [2.05, 4.69) is 5.32 Å². The molecule has 2 aromatic rings. The number of nitrogens with one attached hydrogen (secondary N) is 1. The first kappa shape index (κ1) is 29.5. The Kier molecular flexibility index (Phi) is 9.09. The summed E-state index contributed by atoms with van der Waals surface area (Å²) in [5, 5.41) is 2.79. The van der Waals surface area contributed by atoms with Crippen LogP contribution in [-0.2, 0) is 4.74 Å². The van der Waals surface area contributed by atoms with Crippen molar-refractivity contribution >= 4 is 17.5 Å². The van der Waals surface area contributed by atoms with Crippen LogP contribution in [-0.4, -0.2) is 87.1 Å². The van der Waals surface area contributed by atoms with Crippen molar-refractivity contribution in [2.24, 2.45) is 5.92 Å². The zero-order chi connectivity index (χ0) is 29.0. The van der Waals surface area contributed by atoms with E-state index in [-0.39, 0.29) is 55.7 Å². The van der Waals surface area contributed by atoms with Crippen molar-refractivity contribution in [3.8, 4) is 17.2 Å². The summed E-state index contributed by atoms with van der Waals surface area (Å²) in [7, 11) is 3.15. The van der Waals surface area contributed by atoms with E-state index in [1.54, 1.807) is 49.2 Å². The Morgan fingerprint density at radius 1 is 1.05 bits per heavy atom. The fourth-order valence-corrected chi connectivity index (χ4v) is 4.75. The monoisotopic (exact) mass is 565 g/mol. The first-order valence-electron chi connectivity index (χ1n) is 13.0. The number of hydrogen-bond acceptors (Lipinski definition) is 7. The van der Waals surface area contributed by atoms with E-state index in [0.29, 0.717) is 29.3 Å². The third-order valence-corrected chi connectivity index (χ3v) is 7.15. The molecule has 2 aromatic carbocycles. The minimum Gasteiger partial charge on any atom is -0.491 e. The maximum Gasteiger partial charge on any atom is 0.390 e. The van der Waals surface area contributed by atoms with Crippen LogP contribution in [0.15, 0.2) is 36.4 Å². The number of rotatable bonds is 5. The summed E-state index contributed by atoms with van der Waals surface area (Å²) in [6.07, 6.45) is -5.63. The zero-order valence-corrected chi connectivity index (χ0v) is 22.9. The number of hydrogen-bond donors (Lipinski definition) is 1. The number of amides is 2. The molecule has 2 aliphatic heterocycles. The van der Waals surface area contributed by atoms with Crippen molar-refractivity contribution in [3.05, 3.63) is 47.5 Å². The molecule has 0 spiro atoms. The fourth-order valence-electron chi connectivity index (χ4n) is 4.75. The minimum absolute atomic E-state index is 0.0646. The molecule has 4 rings (SSSR count). The summed E-state index contributed by atoms with van der Waals surface area (Å²) < 4.78 is 61.4. The van der Waals surface area contributed by atoms with E-state index in [0.717, 1.165) is 0 Å². The number of nitrogens with zero attached hydrogens (tertiary/aromatic N) is 2. The van der Waals surface area contributed by atoms with Crippen molar-refractivity contribution in [2.75, 3.05) is 52.5 Å².